The molecule has 3 aromatic carbocycles. The maximum absolute atomic E-state index is 14.3. The van der Waals surface area contributed by atoms with Crippen LogP contribution in [0, 0.1) is 11.7 Å². The van der Waals surface area contributed by atoms with E-state index in [2.05, 4.69) is 5.32 Å². The Morgan fingerprint density at radius 3 is 2.23 bits per heavy atom. The lowest BCUT2D eigenvalue weighted by Gasteiger charge is -2.39. The smallest absolute Gasteiger partial charge is 0.311 e. The molecule has 2 saturated heterocycles. The van der Waals surface area contributed by atoms with E-state index in [1.807, 2.05) is 30.3 Å². The van der Waals surface area contributed by atoms with Crippen molar-refractivity contribution in [3.63, 3.8) is 0 Å². The van der Waals surface area contributed by atoms with Gasteiger partial charge in [0.2, 0.25) is 15.9 Å². The Kier molecular flexibility index (Phi) is 9.31. The van der Waals surface area contributed by atoms with Crippen molar-refractivity contribution >= 4 is 37.8 Å². The molecule has 230 valence electrons. The van der Waals surface area contributed by atoms with E-state index in [-0.39, 0.29) is 22.0 Å². The number of hydrogen-bond acceptors (Lipinski definition) is 7. The van der Waals surface area contributed by atoms with Crippen LogP contribution in [-0.2, 0) is 29.2 Å². The number of carbonyl (C=O) groups is 1. The van der Waals surface area contributed by atoms with Crippen molar-refractivity contribution in [1.29, 1.82) is 0 Å². The fraction of sp³-hybridized carbons (Fsp3) is 0.367. The van der Waals surface area contributed by atoms with Gasteiger partial charge < -0.3 is 5.32 Å². The molecular weight excluding hydrogens is 614 g/mol. The van der Waals surface area contributed by atoms with Crippen LogP contribution in [0.3, 0.4) is 0 Å². The average molecular weight is 649 g/mol. The number of amides is 1. The lowest BCUT2D eigenvalue weighted by molar-refractivity contribution is -1.07. The number of likely N-dealkylation sites (tertiary alicyclic amines) is 1. The number of halogens is 1. The van der Waals surface area contributed by atoms with Crippen LogP contribution in [0.4, 0.5) is 4.39 Å². The van der Waals surface area contributed by atoms with Crippen LogP contribution in [0.1, 0.15) is 24.4 Å². The van der Waals surface area contributed by atoms with Crippen LogP contribution in [0.15, 0.2) is 83.8 Å². The fourth-order valence-electron chi connectivity index (χ4n) is 5.77. The number of piperidine rings is 1. The van der Waals surface area contributed by atoms with Gasteiger partial charge in [-0.15, -0.1) is 11.8 Å². The van der Waals surface area contributed by atoms with Gasteiger partial charge in [-0.25, -0.2) is 12.8 Å². The molecule has 1 unspecified atom stereocenters. The lowest BCUT2D eigenvalue weighted by atomic mass is 9.85. The van der Waals surface area contributed by atoms with Crippen molar-refractivity contribution in [3.05, 3.63) is 90.2 Å². The van der Waals surface area contributed by atoms with Gasteiger partial charge >= 0.3 is 10.1 Å². The Hall–Kier alpha value is -2.81. The molecule has 2 atom stereocenters. The SMILES string of the molecule is C[N+]1(OS(C)(=O)=O)CCC(C(NC(=O)[C@@H]2SCCN2S(=O)(=O)c2ccc(-c3ccccc3F)cc2)c2ccccc2)CC1. The topological polar surface area (TPSA) is 110 Å². The third-order valence-corrected chi connectivity index (χ3v) is 11.8. The second kappa shape index (κ2) is 12.7. The van der Waals surface area contributed by atoms with Gasteiger partial charge in [-0.1, -0.05) is 64.9 Å². The first kappa shape index (κ1) is 31.6. The molecule has 0 bridgehead atoms. The second-order valence-electron chi connectivity index (χ2n) is 11.1. The van der Waals surface area contributed by atoms with Gasteiger partial charge in [-0.3, -0.25) is 4.79 Å². The molecular formula is C30H35FN3O6S3+. The highest BCUT2D eigenvalue weighted by atomic mass is 32.2. The van der Waals surface area contributed by atoms with Gasteiger partial charge in [0.25, 0.3) is 0 Å². The molecule has 9 nitrogen and oxygen atoms in total. The predicted molar refractivity (Wildman–Crippen MR) is 164 cm³/mol. The zero-order valence-corrected chi connectivity index (χ0v) is 26.4. The number of benzene rings is 3. The largest absolute Gasteiger partial charge is 0.347 e. The van der Waals surface area contributed by atoms with Gasteiger partial charge in [0.1, 0.15) is 31.3 Å². The van der Waals surface area contributed by atoms with Gasteiger partial charge in [-0.2, -0.15) is 17.4 Å². The first-order valence-corrected chi connectivity index (χ1v) is 18.3. The van der Waals surface area contributed by atoms with Gasteiger partial charge in [0.15, 0.2) is 0 Å². The highest BCUT2D eigenvalue weighted by Crippen LogP contribution is 2.36. The van der Waals surface area contributed by atoms with Crippen molar-refractivity contribution in [2.24, 2.45) is 5.92 Å². The molecule has 1 N–H and O–H groups in total. The summed E-state index contributed by atoms with van der Waals surface area (Å²) in [5, 5.41) is 2.18. The van der Waals surface area contributed by atoms with Crippen molar-refractivity contribution in [1.82, 2.24) is 9.62 Å². The Labute approximate surface area is 256 Å². The lowest BCUT2D eigenvalue weighted by Crippen LogP contribution is -2.53. The molecule has 3 aromatic rings. The van der Waals surface area contributed by atoms with Gasteiger partial charge in [0.05, 0.1) is 17.2 Å². The number of thioether (sulfide) groups is 1. The molecule has 0 saturated carbocycles. The first-order chi connectivity index (χ1) is 20.4. The summed E-state index contributed by atoms with van der Waals surface area (Å²) in [6.07, 6.45) is 2.23. The first-order valence-electron chi connectivity index (χ1n) is 14.0. The minimum absolute atomic E-state index is 0.0110. The van der Waals surface area contributed by atoms with Gasteiger partial charge in [0, 0.05) is 30.7 Å². The molecule has 5 rings (SSSR count). The Balaban J connectivity index is 1.33. The van der Waals surface area contributed by atoms with Gasteiger partial charge in [-0.05, 0) is 35.2 Å². The molecule has 2 aliphatic heterocycles. The summed E-state index contributed by atoms with van der Waals surface area (Å²) in [7, 11) is -5.93. The monoisotopic (exact) mass is 648 g/mol. The van der Waals surface area contributed by atoms with E-state index in [1.165, 1.54) is 34.3 Å². The molecule has 0 aliphatic carbocycles. The summed E-state index contributed by atoms with van der Waals surface area (Å²) in [5.41, 5.74) is 1.82. The quantitative estimate of drug-likeness (QED) is 0.347. The van der Waals surface area contributed by atoms with Crippen molar-refractivity contribution in [2.45, 2.75) is 29.2 Å². The standard InChI is InChI=1S/C30H34FN3O6S3/c1-34(40-42(2,36)37)19-16-24(17-20-34)28(23-8-4-3-5-9-23)32-29(35)30-33(18-21-41-30)43(38,39)25-14-12-22(13-15-25)26-10-6-7-11-27(26)31/h3-15,24,28,30H,16-21H2,1-2H3/p+1/t24?,28?,30-,34?/m0/s1. The van der Waals surface area contributed by atoms with Crippen molar-refractivity contribution in [3.8, 4) is 11.1 Å². The minimum Gasteiger partial charge on any atom is -0.347 e. The zero-order valence-electron chi connectivity index (χ0n) is 23.9. The maximum Gasteiger partial charge on any atom is 0.311 e. The van der Waals surface area contributed by atoms with Crippen molar-refractivity contribution < 1.29 is 35.0 Å². The van der Waals surface area contributed by atoms with E-state index in [0.717, 1.165) is 11.8 Å². The Morgan fingerprint density at radius 2 is 1.60 bits per heavy atom. The maximum atomic E-state index is 14.3. The number of nitrogens with zero attached hydrogens (tertiary/aromatic N) is 2. The second-order valence-corrected chi connectivity index (χ2v) is 15.7. The molecule has 1 amide bonds. The van der Waals surface area contributed by atoms with E-state index < -0.39 is 43.3 Å². The third-order valence-electron chi connectivity index (χ3n) is 7.91. The van der Waals surface area contributed by atoms with Crippen molar-refractivity contribution in [2.75, 3.05) is 38.7 Å². The van der Waals surface area contributed by atoms with E-state index >= 15 is 0 Å². The summed E-state index contributed by atoms with van der Waals surface area (Å²) in [5.74, 6) is -0.354. The molecule has 2 heterocycles. The Bertz CT molecular complexity index is 1660. The molecule has 13 heteroatoms. The molecule has 0 spiro atoms. The summed E-state index contributed by atoms with van der Waals surface area (Å²) in [4.78, 5) is 13.8. The van der Waals surface area contributed by atoms with Crippen LogP contribution >= 0.6 is 11.8 Å². The molecule has 2 aliphatic rings. The summed E-state index contributed by atoms with van der Waals surface area (Å²) in [6.45, 7) is 1.06. The van der Waals surface area contributed by atoms with Crippen LogP contribution in [-0.4, -0.2) is 75.8 Å². The molecule has 0 radical (unpaired) electrons. The molecule has 2 fully saturated rings. The normalized spacial score (nSPS) is 24.0. The minimum atomic E-state index is -4.02. The van der Waals surface area contributed by atoms with Crippen LogP contribution in [0.2, 0.25) is 0 Å². The summed E-state index contributed by atoms with van der Waals surface area (Å²) < 4.78 is 71.7. The zero-order chi connectivity index (χ0) is 30.8. The van der Waals surface area contributed by atoms with E-state index in [9.17, 15) is 26.0 Å². The number of hydrogen-bond donors (Lipinski definition) is 1. The van der Waals surface area contributed by atoms with E-state index in [4.69, 9.17) is 4.28 Å². The number of quaternary nitrogens is 1. The summed E-state index contributed by atoms with van der Waals surface area (Å²) in [6, 6.07) is 21.4. The molecule has 0 aromatic heterocycles. The van der Waals surface area contributed by atoms with E-state index in [0.29, 0.717) is 42.8 Å². The number of carbonyl (C=O) groups excluding carboxylic acids is 1. The summed E-state index contributed by atoms with van der Waals surface area (Å²) >= 11 is 1.27. The predicted octanol–water partition coefficient (Wildman–Crippen LogP) is 4.16. The highest BCUT2D eigenvalue weighted by Gasteiger charge is 2.43. The highest BCUT2D eigenvalue weighted by molar-refractivity contribution is 8.02. The number of hydroxylamine groups is 3. The van der Waals surface area contributed by atoms with Crippen LogP contribution < -0.4 is 5.32 Å². The van der Waals surface area contributed by atoms with Crippen LogP contribution in [0.25, 0.3) is 11.1 Å². The van der Waals surface area contributed by atoms with E-state index in [1.54, 1.807) is 37.4 Å². The number of sulfonamides is 1. The fourth-order valence-corrected chi connectivity index (χ4v) is 9.66. The average Bonchev–Trinajstić information content (AvgIpc) is 3.48. The van der Waals surface area contributed by atoms with Crippen LogP contribution in [0.5, 0.6) is 0 Å². The third kappa shape index (κ3) is 7.30. The number of nitrogens with one attached hydrogen (secondary N) is 1. The number of rotatable bonds is 9. The molecule has 43 heavy (non-hydrogen) atoms. The Morgan fingerprint density at radius 1 is 0.977 bits per heavy atom.